The Balaban J connectivity index is 2.00. The van der Waals surface area contributed by atoms with Gasteiger partial charge in [0, 0.05) is 0 Å². The van der Waals surface area contributed by atoms with Gasteiger partial charge in [0.25, 0.3) is 0 Å². The predicted octanol–water partition coefficient (Wildman–Crippen LogP) is 6.36. The molecule has 1 aliphatic rings. The van der Waals surface area contributed by atoms with Crippen molar-refractivity contribution in [3.05, 3.63) is 35.4 Å². The highest BCUT2D eigenvalue weighted by atomic mass is 19.4. The average molecular weight is 314 g/mol. The summed E-state index contributed by atoms with van der Waals surface area (Å²) in [6.45, 7) is 3.95. The smallest absolute Gasteiger partial charge is 0.284 e. The van der Waals surface area contributed by atoms with Gasteiger partial charge in [-0.3, -0.25) is 4.74 Å². The van der Waals surface area contributed by atoms with Crippen LogP contribution in [-0.2, 0) is 4.74 Å². The quantitative estimate of drug-likeness (QED) is 0.614. The summed E-state index contributed by atoms with van der Waals surface area (Å²) in [5, 5.41) is 0. The fraction of sp³-hybridized carbons (Fsp3) is 0.667. The molecule has 22 heavy (non-hydrogen) atoms. The normalized spacial score (nSPS) is 24.2. The number of ether oxygens (including phenoxy) is 1. The molecule has 0 heterocycles. The van der Waals surface area contributed by atoms with Crippen LogP contribution in [0, 0.1) is 5.92 Å². The number of hydrogen-bond acceptors (Lipinski definition) is 1. The SMILES string of the molecule is CCC1CCC(c2ccc(C(CC)OC(F)(F)F)cc2)CC1. The molecule has 0 amide bonds. The molecule has 0 spiro atoms. The van der Waals surface area contributed by atoms with Crippen molar-refractivity contribution in [1.82, 2.24) is 0 Å². The van der Waals surface area contributed by atoms with E-state index < -0.39 is 12.5 Å². The van der Waals surface area contributed by atoms with Crippen LogP contribution in [-0.4, -0.2) is 6.36 Å². The van der Waals surface area contributed by atoms with Gasteiger partial charge in [0.15, 0.2) is 0 Å². The monoisotopic (exact) mass is 314 g/mol. The van der Waals surface area contributed by atoms with Crippen LogP contribution in [0.4, 0.5) is 13.2 Å². The highest BCUT2D eigenvalue weighted by Gasteiger charge is 2.33. The van der Waals surface area contributed by atoms with Crippen molar-refractivity contribution in [2.75, 3.05) is 0 Å². The van der Waals surface area contributed by atoms with E-state index in [4.69, 9.17) is 0 Å². The highest BCUT2D eigenvalue weighted by molar-refractivity contribution is 5.27. The van der Waals surface area contributed by atoms with Gasteiger partial charge in [-0.15, -0.1) is 13.2 Å². The fourth-order valence-corrected chi connectivity index (χ4v) is 3.44. The van der Waals surface area contributed by atoms with E-state index in [1.165, 1.54) is 37.7 Å². The Bertz CT molecular complexity index is 444. The van der Waals surface area contributed by atoms with E-state index in [1.54, 1.807) is 19.1 Å². The van der Waals surface area contributed by atoms with Crippen LogP contribution in [0.1, 0.15) is 75.5 Å². The van der Waals surface area contributed by atoms with Gasteiger partial charge in [0.1, 0.15) is 0 Å². The Morgan fingerprint density at radius 1 is 1.05 bits per heavy atom. The molecule has 0 aromatic heterocycles. The van der Waals surface area contributed by atoms with Crippen LogP contribution in [0.3, 0.4) is 0 Å². The third kappa shape index (κ3) is 4.73. The van der Waals surface area contributed by atoms with Crippen LogP contribution in [0.15, 0.2) is 24.3 Å². The number of rotatable bonds is 5. The van der Waals surface area contributed by atoms with Gasteiger partial charge in [-0.2, -0.15) is 0 Å². The maximum absolute atomic E-state index is 12.4. The lowest BCUT2D eigenvalue weighted by molar-refractivity contribution is -0.345. The van der Waals surface area contributed by atoms with Crippen LogP contribution >= 0.6 is 0 Å². The van der Waals surface area contributed by atoms with Gasteiger partial charge in [-0.05, 0) is 55.1 Å². The Kier molecular flexibility index (Phi) is 5.90. The molecule has 1 saturated carbocycles. The van der Waals surface area contributed by atoms with E-state index >= 15 is 0 Å². The molecule has 1 atom stereocenters. The van der Waals surface area contributed by atoms with Crippen molar-refractivity contribution in [3.8, 4) is 0 Å². The van der Waals surface area contributed by atoms with E-state index in [-0.39, 0.29) is 0 Å². The molecule has 0 saturated heterocycles. The molecule has 1 aliphatic carbocycles. The zero-order valence-corrected chi connectivity index (χ0v) is 13.3. The van der Waals surface area contributed by atoms with Crippen molar-refractivity contribution in [2.24, 2.45) is 5.92 Å². The Hall–Kier alpha value is -1.03. The minimum Gasteiger partial charge on any atom is -0.284 e. The Labute approximate surface area is 130 Å². The van der Waals surface area contributed by atoms with Crippen LogP contribution in [0.25, 0.3) is 0 Å². The first kappa shape index (κ1) is 17.3. The van der Waals surface area contributed by atoms with Gasteiger partial charge in [-0.25, -0.2) is 0 Å². The summed E-state index contributed by atoms with van der Waals surface area (Å²) in [7, 11) is 0. The summed E-state index contributed by atoms with van der Waals surface area (Å²) < 4.78 is 41.4. The number of halogens is 3. The van der Waals surface area contributed by atoms with Crippen molar-refractivity contribution < 1.29 is 17.9 Å². The van der Waals surface area contributed by atoms with Crippen LogP contribution in [0.5, 0.6) is 0 Å². The molecule has 1 fully saturated rings. The first-order chi connectivity index (χ1) is 10.4. The molecule has 1 nitrogen and oxygen atoms in total. The Morgan fingerprint density at radius 3 is 2.09 bits per heavy atom. The van der Waals surface area contributed by atoms with E-state index in [1.807, 2.05) is 12.1 Å². The van der Waals surface area contributed by atoms with Crippen molar-refractivity contribution in [1.29, 1.82) is 0 Å². The lowest BCUT2D eigenvalue weighted by Crippen LogP contribution is -2.18. The zero-order valence-electron chi connectivity index (χ0n) is 13.3. The van der Waals surface area contributed by atoms with E-state index in [0.29, 0.717) is 17.9 Å². The van der Waals surface area contributed by atoms with Gasteiger partial charge in [0.2, 0.25) is 0 Å². The van der Waals surface area contributed by atoms with E-state index in [2.05, 4.69) is 11.7 Å². The van der Waals surface area contributed by atoms with E-state index in [9.17, 15) is 13.2 Å². The lowest BCUT2D eigenvalue weighted by atomic mass is 9.77. The van der Waals surface area contributed by atoms with Gasteiger partial charge in [0.05, 0.1) is 6.10 Å². The number of benzene rings is 1. The number of hydrogen-bond donors (Lipinski definition) is 0. The molecular weight excluding hydrogens is 289 g/mol. The van der Waals surface area contributed by atoms with Gasteiger partial charge in [-0.1, -0.05) is 44.5 Å². The van der Waals surface area contributed by atoms with Crippen LogP contribution < -0.4 is 0 Å². The first-order valence-electron chi connectivity index (χ1n) is 8.27. The molecular formula is C18H25F3O. The van der Waals surface area contributed by atoms with Crippen molar-refractivity contribution in [3.63, 3.8) is 0 Å². The summed E-state index contributed by atoms with van der Waals surface area (Å²) in [6.07, 6.45) is 0.957. The number of alkyl halides is 3. The molecule has 2 rings (SSSR count). The van der Waals surface area contributed by atoms with Crippen molar-refractivity contribution in [2.45, 2.75) is 70.8 Å². The summed E-state index contributed by atoms with van der Waals surface area (Å²) in [4.78, 5) is 0. The molecule has 1 aromatic rings. The van der Waals surface area contributed by atoms with Gasteiger partial charge >= 0.3 is 6.36 Å². The topological polar surface area (TPSA) is 9.23 Å². The van der Waals surface area contributed by atoms with Gasteiger partial charge < -0.3 is 0 Å². The minimum absolute atomic E-state index is 0.306. The lowest BCUT2D eigenvalue weighted by Gasteiger charge is -2.28. The fourth-order valence-electron chi connectivity index (χ4n) is 3.44. The maximum atomic E-state index is 12.4. The Morgan fingerprint density at radius 2 is 1.64 bits per heavy atom. The second-order valence-electron chi connectivity index (χ2n) is 6.25. The highest BCUT2D eigenvalue weighted by Crippen LogP contribution is 2.37. The third-order valence-corrected chi connectivity index (χ3v) is 4.85. The largest absolute Gasteiger partial charge is 0.523 e. The summed E-state index contributed by atoms with van der Waals surface area (Å²) in [6, 6.07) is 7.55. The molecule has 0 aliphatic heterocycles. The second-order valence-corrected chi connectivity index (χ2v) is 6.25. The average Bonchev–Trinajstić information content (AvgIpc) is 2.52. The molecule has 0 bridgehead atoms. The minimum atomic E-state index is -4.59. The molecule has 4 heteroatoms. The maximum Gasteiger partial charge on any atom is 0.523 e. The third-order valence-electron chi connectivity index (χ3n) is 4.85. The summed E-state index contributed by atoms with van der Waals surface area (Å²) in [5.74, 6) is 1.40. The standard InChI is InChI=1S/C18H25F3O/c1-3-13-5-7-14(8-6-13)15-9-11-16(12-10-15)17(4-2)22-18(19,20)21/h9-14,17H,3-8H2,1-2H3. The second kappa shape index (κ2) is 7.49. The first-order valence-corrected chi connectivity index (χ1v) is 8.27. The zero-order chi connectivity index (χ0) is 16.2. The summed E-state index contributed by atoms with van der Waals surface area (Å²) >= 11 is 0. The molecule has 0 radical (unpaired) electrons. The molecule has 0 N–H and O–H groups in total. The molecule has 124 valence electrons. The predicted molar refractivity (Wildman–Crippen MR) is 81.6 cm³/mol. The van der Waals surface area contributed by atoms with Crippen LogP contribution in [0.2, 0.25) is 0 Å². The molecule has 1 aromatic carbocycles. The molecule has 1 unspecified atom stereocenters. The summed E-state index contributed by atoms with van der Waals surface area (Å²) in [5.41, 5.74) is 1.85. The van der Waals surface area contributed by atoms with E-state index in [0.717, 1.165) is 5.92 Å². The van der Waals surface area contributed by atoms with Crippen molar-refractivity contribution >= 4 is 0 Å².